The molecular formula is C18H26O. The number of carbonyl (C=O) groups excluding carboxylic acids is 1. The van der Waals surface area contributed by atoms with E-state index in [-0.39, 0.29) is 0 Å². The van der Waals surface area contributed by atoms with Crippen LogP contribution in [0.1, 0.15) is 63.0 Å². The van der Waals surface area contributed by atoms with Crippen LogP contribution in [0.15, 0.2) is 30.3 Å². The van der Waals surface area contributed by atoms with Gasteiger partial charge in [-0.15, -0.1) is 0 Å². The van der Waals surface area contributed by atoms with Gasteiger partial charge in [-0.1, -0.05) is 75.8 Å². The minimum atomic E-state index is 0.812. The maximum Gasteiger partial charge on any atom is 0.142 e. The summed E-state index contributed by atoms with van der Waals surface area (Å²) >= 11 is 0. The Bertz CT molecular complexity index is 362. The van der Waals surface area contributed by atoms with Crippen LogP contribution in [0.5, 0.6) is 0 Å². The second-order valence-electron chi connectivity index (χ2n) is 5.11. The van der Waals surface area contributed by atoms with Crippen molar-refractivity contribution in [3.63, 3.8) is 0 Å². The number of unbranched alkanes of at least 4 members (excludes halogenated alkanes) is 6. The van der Waals surface area contributed by atoms with Crippen molar-refractivity contribution in [3.8, 4) is 0 Å². The normalized spacial score (nSPS) is 11.0. The standard InChI is InChI=1S/C18H26O/c1-2-3-4-5-6-7-8-10-17-12-14-18(15-13-17)11-9-16-19/h9,11-16H,2-8,10H2,1H3. The molecular weight excluding hydrogens is 232 g/mol. The van der Waals surface area contributed by atoms with E-state index < -0.39 is 0 Å². The third kappa shape index (κ3) is 7.61. The fourth-order valence-corrected chi connectivity index (χ4v) is 2.23. The number of benzene rings is 1. The summed E-state index contributed by atoms with van der Waals surface area (Å²) in [4.78, 5) is 10.2. The highest BCUT2D eigenvalue weighted by atomic mass is 16.1. The Labute approximate surface area is 117 Å². The second kappa shape index (κ2) is 10.5. The molecule has 0 heterocycles. The molecule has 0 fully saturated rings. The van der Waals surface area contributed by atoms with Crippen LogP contribution < -0.4 is 0 Å². The molecule has 104 valence electrons. The van der Waals surface area contributed by atoms with E-state index in [4.69, 9.17) is 0 Å². The summed E-state index contributed by atoms with van der Waals surface area (Å²) in [6.45, 7) is 2.26. The first kappa shape index (κ1) is 15.7. The quantitative estimate of drug-likeness (QED) is 0.320. The number of allylic oxidation sites excluding steroid dienone is 1. The molecule has 1 heteroatoms. The molecule has 0 spiro atoms. The van der Waals surface area contributed by atoms with Gasteiger partial charge in [0, 0.05) is 0 Å². The number of hydrogen-bond donors (Lipinski definition) is 0. The summed E-state index contributed by atoms with van der Waals surface area (Å²) in [5.74, 6) is 0. The Morgan fingerprint density at radius 2 is 1.53 bits per heavy atom. The zero-order chi connectivity index (χ0) is 13.8. The number of hydrogen-bond acceptors (Lipinski definition) is 1. The van der Waals surface area contributed by atoms with Crippen molar-refractivity contribution < 1.29 is 4.79 Å². The molecule has 0 bridgehead atoms. The van der Waals surface area contributed by atoms with Gasteiger partial charge >= 0.3 is 0 Å². The highest BCUT2D eigenvalue weighted by molar-refractivity contribution is 5.73. The molecule has 0 saturated carbocycles. The largest absolute Gasteiger partial charge is 0.299 e. The third-order valence-electron chi connectivity index (χ3n) is 3.42. The fourth-order valence-electron chi connectivity index (χ4n) is 2.23. The molecule has 1 aromatic rings. The van der Waals surface area contributed by atoms with Crippen LogP contribution in [0, 0.1) is 0 Å². The molecule has 0 atom stereocenters. The van der Waals surface area contributed by atoms with E-state index in [1.54, 1.807) is 0 Å². The molecule has 1 nitrogen and oxygen atoms in total. The van der Waals surface area contributed by atoms with Gasteiger partial charge in [0.2, 0.25) is 0 Å². The minimum absolute atomic E-state index is 0.812. The van der Waals surface area contributed by atoms with E-state index in [9.17, 15) is 4.79 Å². The molecule has 0 aromatic heterocycles. The molecule has 0 unspecified atom stereocenters. The molecule has 1 aromatic carbocycles. The third-order valence-corrected chi connectivity index (χ3v) is 3.42. The highest BCUT2D eigenvalue weighted by Crippen LogP contribution is 2.12. The lowest BCUT2D eigenvalue weighted by molar-refractivity contribution is -0.104. The molecule has 0 aliphatic heterocycles. The van der Waals surface area contributed by atoms with Crippen molar-refractivity contribution in [2.24, 2.45) is 0 Å². The van der Waals surface area contributed by atoms with E-state index in [1.807, 2.05) is 6.08 Å². The van der Waals surface area contributed by atoms with Crippen molar-refractivity contribution in [1.29, 1.82) is 0 Å². The smallest absolute Gasteiger partial charge is 0.142 e. The lowest BCUT2D eigenvalue weighted by Crippen LogP contribution is -1.86. The van der Waals surface area contributed by atoms with Crippen molar-refractivity contribution in [2.75, 3.05) is 0 Å². The second-order valence-corrected chi connectivity index (χ2v) is 5.11. The minimum Gasteiger partial charge on any atom is -0.299 e. The summed E-state index contributed by atoms with van der Waals surface area (Å²) in [6.07, 6.45) is 14.9. The average molecular weight is 258 g/mol. The van der Waals surface area contributed by atoms with Crippen molar-refractivity contribution in [1.82, 2.24) is 0 Å². The van der Waals surface area contributed by atoms with Crippen LogP contribution in [0.4, 0.5) is 0 Å². The van der Waals surface area contributed by atoms with Crippen LogP contribution in [-0.4, -0.2) is 6.29 Å². The molecule has 0 radical (unpaired) electrons. The van der Waals surface area contributed by atoms with Crippen LogP contribution in [-0.2, 0) is 11.2 Å². The van der Waals surface area contributed by atoms with Gasteiger partial charge in [0.05, 0.1) is 0 Å². The Morgan fingerprint density at radius 3 is 2.16 bits per heavy atom. The number of aryl methyl sites for hydroxylation is 1. The van der Waals surface area contributed by atoms with Gasteiger partial charge in [0.1, 0.15) is 6.29 Å². The maximum absolute atomic E-state index is 10.2. The van der Waals surface area contributed by atoms with Crippen molar-refractivity contribution >= 4 is 12.4 Å². The molecule has 0 saturated heterocycles. The van der Waals surface area contributed by atoms with E-state index in [1.165, 1.54) is 63.0 Å². The topological polar surface area (TPSA) is 17.1 Å². The zero-order valence-electron chi connectivity index (χ0n) is 12.1. The number of carbonyl (C=O) groups is 1. The molecule has 19 heavy (non-hydrogen) atoms. The summed E-state index contributed by atoms with van der Waals surface area (Å²) < 4.78 is 0. The SMILES string of the molecule is CCCCCCCCCc1ccc(C=CC=O)cc1. The Kier molecular flexibility index (Phi) is 8.70. The molecule has 0 amide bonds. The monoisotopic (exact) mass is 258 g/mol. The van der Waals surface area contributed by atoms with Gasteiger partial charge < -0.3 is 0 Å². The van der Waals surface area contributed by atoms with Gasteiger partial charge in [-0.2, -0.15) is 0 Å². The summed E-state index contributed by atoms with van der Waals surface area (Å²) in [6, 6.07) is 8.50. The van der Waals surface area contributed by atoms with Gasteiger partial charge in [-0.25, -0.2) is 0 Å². The molecule has 0 aliphatic rings. The highest BCUT2D eigenvalue weighted by Gasteiger charge is 1.94. The lowest BCUT2D eigenvalue weighted by Gasteiger charge is -2.03. The fraction of sp³-hybridized carbons (Fsp3) is 0.500. The van der Waals surface area contributed by atoms with Gasteiger partial charge in [0.15, 0.2) is 0 Å². The Hall–Kier alpha value is -1.37. The predicted molar refractivity (Wildman–Crippen MR) is 83.2 cm³/mol. The van der Waals surface area contributed by atoms with Gasteiger partial charge in [0.25, 0.3) is 0 Å². The van der Waals surface area contributed by atoms with Crippen LogP contribution in [0.2, 0.25) is 0 Å². The van der Waals surface area contributed by atoms with E-state index in [0.29, 0.717) is 0 Å². The first-order valence-corrected chi connectivity index (χ1v) is 7.57. The van der Waals surface area contributed by atoms with Crippen molar-refractivity contribution in [3.05, 3.63) is 41.5 Å². The van der Waals surface area contributed by atoms with Crippen LogP contribution in [0.3, 0.4) is 0 Å². The van der Waals surface area contributed by atoms with Crippen LogP contribution in [0.25, 0.3) is 6.08 Å². The number of rotatable bonds is 10. The zero-order valence-corrected chi connectivity index (χ0v) is 12.1. The summed E-state index contributed by atoms with van der Waals surface area (Å²) in [5, 5.41) is 0. The van der Waals surface area contributed by atoms with Crippen molar-refractivity contribution in [2.45, 2.75) is 58.3 Å². The van der Waals surface area contributed by atoms with E-state index >= 15 is 0 Å². The summed E-state index contributed by atoms with van der Waals surface area (Å²) in [5.41, 5.74) is 2.49. The van der Waals surface area contributed by atoms with Gasteiger partial charge in [-0.05, 0) is 30.0 Å². The number of aldehydes is 1. The first-order valence-electron chi connectivity index (χ1n) is 7.57. The maximum atomic E-state index is 10.2. The van der Waals surface area contributed by atoms with E-state index in [0.717, 1.165) is 11.8 Å². The van der Waals surface area contributed by atoms with Crippen LogP contribution >= 0.6 is 0 Å². The average Bonchev–Trinajstić information content (AvgIpc) is 2.45. The lowest BCUT2D eigenvalue weighted by atomic mass is 10.0. The predicted octanol–water partition coefficient (Wildman–Crippen LogP) is 5.19. The van der Waals surface area contributed by atoms with E-state index in [2.05, 4.69) is 31.2 Å². The Morgan fingerprint density at radius 1 is 0.895 bits per heavy atom. The Balaban J connectivity index is 2.15. The molecule has 0 aliphatic carbocycles. The molecule has 1 rings (SSSR count). The van der Waals surface area contributed by atoms with Gasteiger partial charge in [-0.3, -0.25) is 4.79 Å². The summed E-state index contributed by atoms with van der Waals surface area (Å²) in [7, 11) is 0. The first-order chi connectivity index (χ1) is 9.36. The molecule has 0 N–H and O–H groups in total.